The van der Waals surface area contributed by atoms with Crippen molar-refractivity contribution >= 4 is 11.3 Å². The van der Waals surface area contributed by atoms with Gasteiger partial charge in [-0.3, -0.25) is 0 Å². The fourth-order valence-electron chi connectivity index (χ4n) is 1.45. The largest absolute Gasteiger partial charge is 0.310 e. The minimum absolute atomic E-state index is 0.367. The molecule has 84 valence electrons. The first kappa shape index (κ1) is 12.4. The quantitative estimate of drug-likeness (QED) is 0.752. The van der Waals surface area contributed by atoms with Gasteiger partial charge in [0.25, 0.3) is 0 Å². The van der Waals surface area contributed by atoms with Gasteiger partial charge in [0.05, 0.1) is 10.7 Å². The molecule has 0 saturated carbocycles. The second kappa shape index (κ2) is 6.03. The van der Waals surface area contributed by atoms with Crippen molar-refractivity contribution in [2.75, 3.05) is 6.54 Å². The molecule has 1 rings (SSSR count). The van der Waals surface area contributed by atoms with Crippen molar-refractivity contribution in [3.05, 3.63) is 28.2 Å². The lowest BCUT2D eigenvalue weighted by molar-refractivity contribution is 0.559. The summed E-state index contributed by atoms with van der Waals surface area (Å²) in [4.78, 5) is 4.48. The summed E-state index contributed by atoms with van der Waals surface area (Å²) in [7, 11) is 0. The third-order valence-electron chi connectivity index (χ3n) is 2.32. The number of thiazole rings is 1. The second-order valence-electron chi connectivity index (χ2n) is 3.92. The van der Waals surface area contributed by atoms with Crippen LogP contribution in [0.4, 0.5) is 0 Å². The van der Waals surface area contributed by atoms with E-state index in [1.54, 1.807) is 11.3 Å². The smallest absolute Gasteiger partial charge is 0.0897 e. The van der Waals surface area contributed by atoms with Crippen LogP contribution >= 0.6 is 11.3 Å². The summed E-state index contributed by atoms with van der Waals surface area (Å²) in [5, 5.41) is 6.77. The van der Waals surface area contributed by atoms with E-state index >= 15 is 0 Å². The summed E-state index contributed by atoms with van der Waals surface area (Å²) in [5.41, 5.74) is 2.36. The van der Waals surface area contributed by atoms with E-state index in [4.69, 9.17) is 0 Å². The zero-order valence-corrected chi connectivity index (χ0v) is 10.7. The molecule has 1 aromatic rings. The van der Waals surface area contributed by atoms with Gasteiger partial charge >= 0.3 is 0 Å². The van der Waals surface area contributed by atoms with Crippen molar-refractivity contribution in [1.29, 1.82) is 0 Å². The zero-order chi connectivity index (χ0) is 11.3. The minimum atomic E-state index is 0.367. The Balaban J connectivity index is 2.54. The van der Waals surface area contributed by atoms with E-state index in [9.17, 15) is 0 Å². The predicted molar refractivity (Wildman–Crippen MR) is 67.5 cm³/mol. The summed E-state index contributed by atoms with van der Waals surface area (Å²) >= 11 is 1.71. The molecule has 0 aliphatic heterocycles. The fraction of sp³-hybridized carbons (Fsp3) is 0.583. The van der Waals surface area contributed by atoms with Gasteiger partial charge in [-0.1, -0.05) is 19.1 Å². The van der Waals surface area contributed by atoms with Crippen LogP contribution in [0.15, 0.2) is 17.5 Å². The van der Waals surface area contributed by atoms with E-state index < -0.39 is 0 Å². The van der Waals surface area contributed by atoms with E-state index in [1.165, 1.54) is 11.3 Å². The van der Waals surface area contributed by atoms with E-state index in [2.05, 4.69) is 36.1 Å². The topological polar surface area (TPSA) is 24.9 Å². The van der Waals surface area contributed by atoms with Gasteiger partial charge in [0.1, 0.15) is 0 Å². The fourth-order valence-corrected chi connectivity index (χ4v) is 2.08. The van der Waals surface area contributed by atoms with Crippen molar-refractivity contribution in [2.45, 2.75) is 39.7 Å². The SMILES string of the molecule is C=C(C)C(Cc1csc(C)n1)NCCC. The highest BCUT2D eigenvalue weighted by Gasteiger charge is 2.10. The van der Waals surface area contributed by atoms with Crippen LogP contribution in [0.1, 0.15) is 31.0 Å². The molecule has 0 spiro atoms. The van der Waals surface area contributed by atoms with Crippen LogP contribution in [0, 0.1) is 6.92 Å². The van der Waals surface area contributed by atoms with Crippen LogP contribution in [-0.4, -0.2) is 17.6 Å². The van der Waals surface area contributed by atoms with Crippen LogP contribution in [0.2, 0.25) is 0 Å². The van der Waals surface area contributed by atoms with Crippen molar-refractivity contribution in [3.8, 4) is 0 Å². The molecule has 0 aliphatic carbocycles. The van der Waals surface area contributed by atoms with Crippen LogP contribution < -0.4 is 5.32 Å². The van der Waals surface area contributed by atoms with Gasteiger partial charge < -0.3 is 5.32 Å². The van der Waals surface area contributed by atoms with Gasteiger partial charge in [-0.2, -0.15) is 0 Å². The molecule has 0 fully saturated rings. The van der Waals surface area contributed by atoms with Crippen LogP contribution in [0.25, 0.3) is 0 Å². The van der Waals surface area contributed by atoms with Gasteiger partial charge in [0, 0.05) is 17.8 Å². The molecule has 0 radical (unpaired) electrons. The predicted octanol–water partition coefficient (Wildman–Crippen LogP) is 2.94. The summed E-state index contributed by atoms with van der Waals surface area (Å²) in [6.07, 6.45) is 2.11. The molecule has 3 heteroatoms. The number of aromatic nitrogens is 1. The maximum Gasteiger partial charge on any atom is 0.0897 e. The monoisotopic (exact) mass is 224 g/mol. The number of rotatable bonds is 6. The molecule has 0 aromatic carbocycles. The van der Waals surface area contributed by atoms with Gasteiger partial charge in [-0.05, 0) is 26.8 Å². The van der Waals surface area contributed by atoms with Gasteiger partial charge in [0.2, 0.25) is 0 Å². The molecule has 15 heavy (non-hydrogen) atoms. The first-order valence-electron chi connectivity index (χ1n) is 5.43. The first-order chi connectivity index (χ1) is 7.13. The van der Waals surface area contributed by atoms with E-state index in [-0.39, 0.29) is 0 Å². The summed E-state index contributed by atoms with van der Waals surface area (Å²) in [5.74, 6) is 0. The number of hydrogen-bond acceptors (Lipinski definition) is 3. The van der Waals surface area contributed by atoms with E-state index in [0.29, 0.717) is 6.04 Å². The standard InChI is InChI=1S/C12H20N2S/c1-5-6-13-12(9(2)3)7-11-8-15-10(4)14-11/h8,12-13H,2,5-7H2,1,3-4H3. The first-order valence-corrected chi connectivity index (χ1v) is 6.31. The lowest BCUT2D eigenvalue weighted by Crippen LogP contribution is -2.32. The molecule has 2 nitrogen and oxygen atoms in total. The summed E-state index contributed by atoms with van der Waals surface area (Å²) < 4.78 is 0. The van der Waals surface area contributed by atoms with Crippen molar-refractivity contribution in [3.63, 3.8) is 0 Å². The third kappa shape index (κ3) is 4.14. The molecular formula is C12H20N2S. The third-order valence-corrected chi connectivity index (χ3v) is 3.14. The molecule has 1 unspecified atom stereocenters. The lowest BCUT2D eigenvalue weighted by atomic mass is 10.1. The summed E-state index contributed by atoms with van der Waals surface area (Å²) in [6, 6.07) is 0.367. The highest BCUT2D eigenvalue weighted by molar-refractivity contribution is 7.09. The minimum Gasteiger partial charge on any atom is -0.310 e. The highest BCUT2D eigenvalue weighted by Crippen LogP contribution is 2.12. The summed E-state index contributed by atoms with van der Waals surface area (Å²) in [6.45, 7) is 11.4. The van der Waals surface area contributed by atoms with Crippen LogP contribution in [-0.2, 0) is 6.42 Å². The number of nitrogens with zero attached hydrogens (tertiary/aromatic N) is 1. The van der Waals surface area contributed by atoms with Gasteiger partial charge in [-0.15, -0.1) is 11.3 Å². The van der Waals surface area contributed by atoms with Crippen molar-refractivity contribution in [2.24, 2.45) is 0 Å². The molecule has 0 saturated heterocycles. The highest BCUT2D eigenvalue weighted by atomic mass is 32.1. The maximum absolute atomic E-state index is 4.48. The van der Waals surface area contributed by atoms with Crippen molar-refractivity contribution < 1.29 is 0 Å². The lowest BCUT2D eigenvalue weighted by Gasteiger charge is -2.17. The molecule has 1 aromatic heterocycles. The van der Waals surface area contributed by atoms with Crippen LogP contribution in [0.3, 0.4) is 0 Å². The Hall–Kier alpha value is -0.670. The Morgan fingerprint density at radius 3 is 2.87 bits per heavy atom. The Morgan fingerprint density at radius 2 is 2.40 bits per heavy atom. The second-order valence-corrected chi connectivity index (χ2v) is 4.98. The Bertz CT molecular complexity index is 317. The molecule has 0 aliphatic rings. The van der Waals surface area contributed by atoms with E-state index in [0.717, 1.165) is 24.4 Å². The normalized spacial score (nSPS) is 12.7. The number of hydrogen-bond donors (Lipinski definition) is 1. The molecular weight excluding hydrogens is 204 g/mol. The Labute approximate surface area is 96.4 Å². The maximum atomic E-state index is 4.48. The van der Waals surface area contributed by atoms with Gasteiger partial charge in [-0.25, -0.2) is 4.98 Å². The average molecular weight is 224 g/mol. The molecule has 0 bridgehead atoms. The molecule has 1 N–H and O–H groups in total. The van der Waals surface area contributed by atoms with Crippen LogP contribution in [0.5, 0.6) is 0 Å². The number of nitrogens with one attached hydrogen (secondary N) is 1. The Kier molecular flexibility index (Phi) is 4.99. The van der Waals surface area contributed by atoms with E-state index in [1.807, 2.05) is 6.92 Å². The Morgan fingerprint density at radius 1 is 1.67 bits per heavy atom. The molecule has 1 heterocycles. The van der Waals surface area contributed by atoms with Crippen molar-refractivity contribution in [1.82, 2.24) is 10.3 Å². The average Bonchev–Trinajstić information content (AvgIpc) is 2.58. The molecule has 0 amide bonds. The van der Waals surface area contributed by atoms with Gasteiger partial charge in [0.15, 0.2) is 0 Å². The number of aryl methyl sites for hydroxylation is 1. The molecule has 1 atom stereocenters. The zero-order valence-electron chi connectivity index (χ0n) is 9.84.